The van der Waals surface area contributed by atoms with E-state index in [0.717, 1.165) is 13.0 Å². The lowest BCUT2D eigenvalue weighted by Crippen LogP contribution is -2.37. The van der Waals surface area contributed by atoms with Crippen molar-refractivity contribution in [2.24, 2.45) is 5.73 Å². The summed E-state index contributed by atoms with van der Waals surface area (Å²) in [4.78, 5) is 0. The normalized spacial score (nSPS) is 30.1. The second-order valence-corrected chi connectivity index (χ2v) is 3.64. The highest BCUT2D eigenvalue weighted by molar-refractivity contribution is 4.79. The number of nitrogens with one attached hydrogen (secondary N) is 1. The van der Waals surface area contributed by atoms with Crippen molar-refractivity contribution in [1.82, 2.24) is 5.32 Å². The van der Waals surface area contributed by atoms with Crippen LogP contribution in [0.4, 0.5) is 0 Å². The Labute approximate surface area is 75.2 Å². The van der Waals surface area contributed by atoms with Crippen molar-refractivity contribution >= 4 is 0 Å². The molecule has 12 heavy (non-hydrogen) atoms. The molecule has 0 radical (unpaired) electrons. The Morgan fingerprint density at radius 3 is 2.58 bits per heavy atom. The molecule has 0 aromatic rings. The average Bonchev–Trinajstić information content (AvgIpc) is 2.09. The topological polar surface area (TPSA) is 38.0 Å². The van der Waals surface area contributed by atoms with Gasteiger partial charge in [-0.25, -0.2) is 0 Å². The number of rotatable bonds is 4. The van der Waals surface area contributed by atoms with Gasteiger partial charge in [-0.15, -0.1) is 6.58 Å². The minimum absolute atomic E-state index is 0.461. The number of nitrogens with two attached hydrogens (primary N) is 1. The summed E-state index contributed by atoms with van der Waals surface area (Å²) in [5.41, 5.74) is 5.81. The van der Waals surface area contributed by atoms with Crippen LogP contribution in [0, 0.1) is 0 Å². The molecule has 0 aliphatic heterocycles. The van der Waals surface area contributed by atoms with Crippen LogP contribution in [0.15, 0.2) is 12.7 Å². The Morgan fingerprint density at radius 1 is 1.33 bits per heavy atom. The predicted molar refractivity (Wildman–Crippen MR) is 53.0 cm³/mol. The molecule has 2 heteroatoms. The van der Waals surface area contributed by atoms with Crippen LogP contribution in [0.3, 0.4) is 0 Å². The van der Waals surface area contributed by atoms with Gasteiger partial charge >= 0.3 is 0 Å². The van der Waals surface area contributed by atoms with Crippen molar-refractivity contribution in [3.05, 3.63) is 12.7 Å². The molecule has 0 atom stereocenters. The lowest BCUT2D eigenvalue weighted by atomic mass is 9.92. The Hall–Kier alpha value is -0.340. The standard InChI is InChI=1S/C10H20N2/c1-2-3-8-12-10-6-4-9(11)5-7-10/h2,9-10,12H,1,3-8,11H2. The van der Waals surface area contributed by atoms with Crippen molar-refractivity contribution in [2.45, 2.75) is 44.2 Å². The fourth-order valence-corrected chi connectivity index (χ4v) is 1.71. The molecule has 0 aromatic carbocycles. The zero-order chi connectivity index (χ0) is 8.81. The van der Waals surface area contributed by atoms with Gasteiger partial charge < -0.3 is 11.1 Å². The monoisotopic (exact) mass is 168 g/mol. The molecule has 1 saturated carbocycles. The molecule has 0 unspecified atom stereocenters. The van der Waals surface area contributed by atoms with E-state index in [0.29, 0.717) is 12.1 Å². The highest BCUT2D eigenvalue weighted by Crippen LogP contribution is 2.16. The molecular formula is C10H20N2. The molecule has 0 heterocycles. The third kappa shape index (κ3) is 3.37. The predicted octanol–water partition coefficient (Wildman–Crippen LogP) is 1.42. The van der Waals surface area contributed by atoms with Crippen LogP contribution in [0.2, 0.25) is 0 Å². The Kier molecular flexibility index (Phi) is 4.33. The molecule has 70 valence electrons. The molecule has 1 rings (SSSR count). The van der Waals surface area contributed by atoms with Gasteiger partial charge in [0.2, 0.25) is 0 Å². The maximum Gasteiger partial charge on any atom is 0.00683 e. The summed E-state index contributed by atoms with van der Waals surface area (Å²) in [6, 6.07) is 1.17. The summed E-state index contributed by atoms with van der Waals surface area (Å²) in [7, 11) is 0. The molecular weight excluding hydrogens is 148 g/mol. The molecule has 0 saturated heterocycles. The molecule has 0 aromatic heterocycles. The van der Waals surface area contributed by atoms with Crippen molar-refractivity contribution in [3.63, 3.8) is 0 Å². The Balaban J connectivity index is 2.05. The summed E-state index contributed by atoms with van der Waals surface area (Å²) in [6.07, 6.45) is 7.90. The zero-order valence-electron chi connectivity index (χ0n) is 7.76. The van der Waals surface area contributed by atoms with Crippen molar-refractivity contribution in [1.29, 1.82) is 0 Å². The first kappa shape index (κ1) is 9.75. The number of hydrogen-bond acceptors (Lipinski definition) is 2. The van der Waals surface area contributed by atoms with Crippen LogP contribution in [0.25, 0.3) is 0 Å². The van der Waals surface area contributed by atoms with Crippen molar-refractivity contribution in [3.8, 4) is 0 Å². The molecule has 0 spiro atoms. The first-order valence-corrected chi connectivity index (χ1v) is 4.93. The van der Waals surface area contributed by atoms with E-state index in [1.54, 1.807) is 0 Å². The van der Waals surface area contributed by atoms with E-state index in [4.69, 9.17) is 5.73 Å². The van der Waals surface area contributed by atoms with Gasteiger partial charge in [0, 0.05) is 12.1 Å². The quantitative estimate of drug-likeness (QED) is 0.492. The van der Waals surface area contributed by atoms with Crippen LogP contribution < -0.4 is 11.1 Å². The molecule has 0 bridgehead atoms. The van der Waals surface area contributed by atoms with Crippen LogP contribution in [0.1, 0.15) is 32.1 Å². The molecule has 1 aliphatic rings. The van der Waals surface area contributed by atoms with Gasteiger partial charge in [0.25, 0.3) is 0 Å². The van der Waals surface area contributed by atoms with E-state index in [1.807, 2.05) is 6.08 Å². The SMILES string of the molecule is C=CCCNC1CCC(N)CC1. The van der Waals surface area contributed by atoms with Gasteiger partial charge in [-0.2, -0.15) is 0 Å². The maximum atomic E-state index is 5.81. The van der Waals surface area contributed by atoms with Crippen molar-refractivity contribution in [2.75, 3.05) is 6.54 Å². The zero-order valence-corrected chi connectivity index (χ0v) is 7.76. The average molecular weight is 168 g/mol. The van der Waals surface area contributed by atoms with Gasteiger partial charge in [-0.05, 0) is 38.6 Å². The van der Waals surface area contributed by atoms with E-state index in [1.165, 1.54) is 25.7 Å². The fraction of sp³-hybridized carbons (Fsp3) is 0.800. The lowest BCUT2D eigenvalue weighted by Gasteiger charge is -2.26. The van der Waals surface area contributed by atoms with E-state index in [-0.39, 0.29) is 0 Å². The van der Waals surface area contributed by atoms with Crippen LogP contribution in [-0.2, 0) is 0 Å². The van der Waals surface area contributed by atoms with E-state index in [2.05, 4.69) is 11.9 Å². The first-order chi connectivity index (χ1) is 5.83. The maximum absolute atomic E-state index is 5.81. The summed E-state index contributed by atoms with van der Waals surface area (Å²) in [5.74, 6) is 0. The van der Waals surface area contributed by atoms with Gasteiger partial charge in [0.05, 0.1) is 0 Å². The minimum atomic E-state index is 0.461. The molecule has 1 aliphatic carbocycles. The summed E-state index contributed by atoms with van der Waals surface area (Å²) < 4.78 is 0. The third-order valence-corrected chi connectivity index (χ3v) is 2.55. The minimum Gasteiger partial charge on any atom is -0.328 e. The Bertz CT molecular complexity index is 126. The van der Waals surface area contributed by atoms with Gasteiger partial charge in [-0.3, -0.25) is 0 Å². The Morgan fingerprint density at radius 2 is 2.00 bits per heavy atom. The summed E-state index contributed by atoms with van der Waals surface area (Å²) in [5, 5.41) is 3.52. The highest BCUT2D eigenvalue weighted by atomic mass is 14.9. The molecule has 1 fully saturated rings. The van der Waals surface area contributed by atoms with Gasteiger partial charge in [-0.1, -0.05) is 6.08 Å². The largest absolute Gasteiger partial charge is 0.328 e. The van der Waals surface area contributed by atoms with E-state index in [9.17, 15) is 0 Å². The van der Waals surface area contributed by atoms with Crippen LogP contribution in [0.5, 0.6) is 0 Å². The second kappa shape index (κ2) is 5.33. The smallest absolute Gasteiger partial charge is 0.00683 e. The molecule has 2 nitrogen and oxygen atoms in total. The molecule has 0 amide bonds. The second-order valence-electron chi connectivity index (χ2n) is 3.64. The third-order valence-electron chi connectivity index (χ3n) is 2.55. The van der Waals surface area contributed by atoms with E-state index < -0.39 is 0 Å². The molecule has 3 N–H and O–H groups in total. The highest BCUT2D eigenvalue weighted by Gasteiger charge is 2.16. The van der Waals surface area contributed by atoms with Gasteiger partial charge in [0.1, 0.15) is 0 Å². The lowest BCUT2D eigenvalue weighted by molar-refractivity contribution is 0.345. The summed E-state index contributed by atoms with van der Waals surface area (Å²) in [6.45, 7) is 4.77. The number of hydrogen-bond donors (Lipinski definition) is 2. The first-order valence-electron chi connectivity index (χ1n) is 4.93. The van der Waals surface area contributed by atoms with Crippen LogP contribution in [-0.4, -0.2) is 18.6 Å². The van der Waals surface area contributed by atoms with E-state index >= 15 is 0 Å². The van der Waals surface area contributed by atoms with Gasteiger partial charge in [0.15, 0.2) is 0 Å². The van der Waals surface area contributed by atoms with Crippen molar-refractivity contribution < 1.29 is 0 Å². The summed E-state index contributed by atoms with van der Waals surface area (Å²) >= 11 is 0. The fourth-order valence-electron chi connectivity index (χ4n) is 1.71. The van der Waals surface area contributed by atoms with Crippen LogP contribution >= 0.6 is 0 Å².